The van der Waals surface area contributed by atoms with E-state index in [9.17, 15) is 0 Å². The Bertz CT molecular complexity index is 130. The van der Waals surface area contributed by atoms with Gasteiger partial charge in [0.1, 0.15) is 0 Å². The number of hydrogen-bond acceptors (Lipinski definition) is 3. The summed E-state index contributed by atoms with van der Waals surface area (Å²) in [6.45, 7) is 11.6. The van der Waals surface area contributed by atoms with Crippen molar-refractivity contribution in [2.24, 2.45) is 5.73 Å². The molecule has 3 heteroatoms. The number of nitrogens with one attached hydrogen (secondary N) is 1. The fourth-order valence-corrected chi connectivity index (χ4v) is 1.60. The van der Waals surface area contributed by atoms with E-state index >= 15 is 0 Å². The molecule has 0 bridgehead atoms. The van der Waals surface area contributed by atoms with Crippen molar-refractivity contribution in [1.29, 1.82) is 0 Å². The molecule has 0 aliphatic carbocycles. The highest BCUT2D eigenvalue weighted by Gasteiger charge is 1.97. The summed E-state index contributed by atoms with van der Waals surface area (Å²) >= 11 is 4.04. The van der Waals surface area contributed by atoms with Gasteiger partial charge in [-0.15, -0.1) is 0 Å². The summed E-state index contributed by atoms with van der Waals surface area (Å²) in [7, 11) is 0. The third-order valence-corrected chi connectivity index (χ3v) is 2.90. The van der Waals surface area contributed by atoms with Gasteiger partial charge < -0.3 is 5.73 Å². The zero-order chi connectivity index (χ0) is 14.6. The SMILES string of the molecule is C=CN.CC.CCCCCCCCCC(C)NS. The average Bonchev–Trinajstić information content (AvgIpc) is 2.40. The number of hydrogen-bond donors (Lipinski definition) is 3. The largest absolute Gasteiger partial charge is 0.405 e. The molecule has 0 radical (unpaired) electrons. The van der Waals surface area contributed by atoms with Gasteiger partial charge in [-0.3, -0.25) is 4.72 Å². The molecule has 0 aromatic rings. The van der Waals surface area contributed by atoms with Gasteiger partial charge in [0.05, 0.1) is 0 Å². The average molecular weight is 277 g/mol. The second-order valence-electron chi connectivity index (χ2n) is 4.18. The molecule has 1 unspecified atom stereocenters. The maximum absolute atomic E-state index is 4.61. The summed E-state index contributed by atoms with van der Waals surface area (Å²) in [5, 5.41) is 0. The first-order valence-corrected chi connectivity index (χ1v) is 7.89. The van der Waals surface area contributed by atoms with Gasteiger partial charge in [-0.25, -0.2) is 0 Å². The van der Waals surface area contributed by atoms with Crippen molar-refractivity contribution in [1.82, 2.24) is 4.72 Å². The lowest BCUT2D eigenvalue weighted by molar-refractivity contribution is 0.535. The predicted octanol–water partition coefficient (Wildman–Crippen LogP) is 5.06. The van der Waals surface area contributed by atoms with Crippen molar-refractivity contribution in [3.8, 4) is 0 Å². The van der Waals surface area contributed by atoms with Crippen LogP contribution < -0.4 is 10.5 Å². The van der Waals surface area contributed by atoms with Crippen LogP contribution in [0.4, 0.5) is 0 Å². The fourth-order valence-electron chi connectivity index (χ4n) is 1.47. The van der Waals surface area contributed by atoms with Crippen LogP contribution in [-0.4, -0.2) is 6.04 Å². The van der Waals surface area contributed by atoms with Crippen molar-refractivity contribution in [3.63, 3.8) is 0 Å². The molecule has 0 rings (SSSR count). The van der Waals surface area contributed by atoms with E-state index < -0.39 is 0 Å². The van der Waals surface area contributed by atoms with Gasteiger partial charge in [0.2, 0.25) is 0 Å². The Hall–Kier alpha value is -0.150. The van der Waals surface area contributed by atoms with E-state index in [1.165, 1.54) is 57.6 Å². The number of nitrogens with two attached hydrogens (primary N) is 1. The van der Waals surface area contributed by atoms with Gasteiger partial charge in [0.25, 0.3) is 0 Å². The van der Waals surface area contributed by atoms with Gasteiger partial charge >= 0.3 is 0 Å². The van der Waals surface area contributed by atoms with Crippen LogP contribution in [0.15, 0.2) is 12.8 Å². The molecule has 0 saturated heterocycles. The van der Waals surface area contributed by atoms with E-state index in [0.29, 0.717) is 6.04 Å². The first-order valence-electron chi connectivity index (χ1n) is 7.45. The Morgan fingerprint density at radius 3 is 1.89 bits per heavy atom. The molecule has 0 saturated carbocycles. The minimum atomic E-state index is 0.568. The molecule has 3 N–H and O–H groups in total. The summed E-state index contributed by atoms with van der Waals surface area (Å²) < 4.78 is 2.97. The Labute approximate surface area is 121 Å². The molecular formula is C15H36N2S. The number of thiol groups is 1. The summed E-state index contributed by atoms with van der Waals surface area (Å²) in [5.74, 6) is 0. The molecule has 2 nitrogen and oxygen atoms in total. The molecule has 0 aliphatic heterocycles. The summed E-state index contributed by atoms with van der Waals surface area (Å²) in [5.41, 5.74) is 4.61. The summed E-state index contributed by atoms with van der Waals surface area (Å²) in [6, 6.07) is 0.568. The second-order valence-corrected chi connectivity index (χ2v) is 4.43. The fraction of sp³-hybridized carbons (Fsp3) is 0.867. The number of rotatable bonds is 9. The van der Waals surface area contributed by atoms with Crippen molar-refractivity contribution >= 4 is 12.8 Å². The van der Waals surface area contributed by atoms with Gasteiger partial charge in [0, 0.05) is 6.04 Å². The molecule has 0 aliphatic rings. The van der Waals surface area contributed by atoms with E-state index in [-0.39, 0.29) is 0 Å². The minimum Gasteiger partial charge on any atom is -0.405 e. The predicted molar refractivity (Wildman–Crippen MR) is 89.9 cm³/mol. The second kappa shape index (κ2) is 25.6. The van der Waals surface area contributed by atoms with Crippen molar-refractivity contribution in [2.75, 3.05) is 0 Å². The maximum atomic E-state index is 4.61. The Balaban J connectivity index is -0.000000389. The van der Waals surface area contributed by atoms with E-state index in [1.807, 2.05) is 13.8 Å². The monoisotopic (exact) mass is 276 g/mol. The van der Waals surface area contributed by atoms with E-state index in [4.69, 9.17) is 0 Å². The van der Waals surface area contributed by atoms with Crippen LogP contribution in [0.25, 0.3) is 0 Å². The van der Waals surface area contributed by atoms with E-state index in [1.54, 1.807) is 0 Å². The molecular weight excluding hydrogens is 240 g/mol. The normalized spacial score (nSPS) is 10.5. The Kier molecular flexibility index (Phi) is 32.7. The number of unbranched alkanes of at least 4 members (excludes halogenated alkanes) is 6. The van der Waals surface area contributed by atoms with Crippen LogP contribution in [0, 0.1) is 0 Å². The molecule has 112 valence electrons. The molecule has 0 spiro atoms. The quantitative estimate of drug-likeness (QED) is 0.406. The summed E-state index contributed by atoms with van der Waals surface area (Å²) in [6.07, 6.45) is 12.3. The first-order chi connectivity index (χ1) is 8.72. The smallest absolute Gasteiger partial charge is 0.0141 e. The van der Waals surface area contributed by atoms with Gasteiger partial charge in [-0.05, 0) is 19.5 Å². The van der Waals surface area contributed by atoms with Crippen molar-refractivity contribution in [3.05, 3.63) is 12.8 Å². The molecule has 1 atom stereocenters. The lowest BCUT2D eigenvalue weighted by Crippen LogP contribution is -2.15. The Morgan fingerprint density at radius 1 is 1.11 bits per heavy atom. The van der Waals surface area contributed by atoms with Crippen LogP contribution >= 0.6 is 12.8 Å². The van der Waals surface area contributed by atoms with E-state index in [0.717, 1.165) is 0 Å². The molecule has 0 aromatic heterocycles. The van der Waals surface area contributed by atoms with Crippen molar-refractivity contribution in [2.45, 2.75) is 85.1 Å². The Morgan fingerprint density at radius 2 is 1.50 bits per heavy atom. The van der Waals surface area contributed by atoms with Crippen LogP contribution in [0.2, 0.25) is 0 Å². The zero-order valence-corrected chi connectivity index (χ0v) is 13.9. The molecule has 0 fully saturated rings. The minimum absolute atomic E-state index is 0.568. The van der Waals surface area contributed by atoms with Gasteiger partial charge in [-0.2, -0.15) is 0 Å². The first kappa shape index (κ1) is 23.0. The van der Waals surface area contributed by atoms with Crippen LogP contribution in [0.5, 0.6) is 0 Å². The molecule has 0 aromatic carbocycles. The molecule has 0 amide bonds. The van der Waals surface area contributed by atoms with Gasteiger partial charge in [-0.1, -0.05) is 85.1 Å². The lowest BCUT2D eigenvalue weighted by Gasteiger charge is -2.08. The molecule has 0 heterocycles. The highest BCUT2D eigenvalue weighted by Crippen LogP contribution is 2.09. The van der Waals surface area contributed by atoms with Crippen LogP contribution in [-0.2, 0) is 0 Å². The topological polar surface area (TPSA) is 38.0 Å². The highest BCUT2D eigenvalue weighted by molar-refractivity contribution is 7.78. The summed E-state index contributed by atoms with van der Waals surface area (Å²) in [4.78, 5) is 0. The maximum Gasteiger partial charge on any atom is 0.0141 e. The molecule has 18 heavy (non-hydrogen) atoms. The highest BCUT2D eigenvalue weighted by atomic mass is 32.1. The third-order valence-electron chi connectivity index (χ3n) is 2.46. The van der Waals surface area contributed by atoms with Gasteiger partial charge in [0.15, 0.2) is 0 Å². The van der Waals surface area contributed by atoms with Crippen LogP contribution in [0.3, 0.4) is 0 Å². The van der Waals surface area contributed by atoms with Crippen molar-refractivity contribution < 1.29 is 0 Å². The van der Waals surface area contributed by atoms with E-state index in [2.05, 4.69) is 43.7 Å². The zero-order valence-electron chi connectivity index (χ0n) is 13.0. The van der Waals surface area contributed by atoms with Crippen LogP contribution in [0.1, 0.15) is 79.1 Å². The lowest BCUT2D eigenvalue weighted by atomic mass is 10.1. The third kappa shape index (κ3) is 29.7. The standard InChI is InChI=1S/C11H25NS.C2H5N.C2H6/c1-3-4-5-6-7-8-9-10-11(2)12-13;1-2-3;1-2/h11-13H,3-10H2,1-2H3;2H,1,3H2;1-2H3.